The maximum Gasteiger partial charge on any atom is 0.307 e. The molecule has 13 heteroatoms. The lowest BCUT2D eigenvalue weighted by molar-refractivity contribution is -0.146. The van der Waals surface area contributed by atoms with Crippen LogP contribution in [0.5, 0.6) is 5.75 Å². The number of esters is 1. The predicted molar refractivity (Wildman–Crippen MR) is 189 cm³/mol. The highest BCUT2D eigenvalue weighted by molar-refractivity contribution is 7.84. The van der Waals surface area contributed by atoms with Crippen LogP contribution < -0.4 is 16.4 Å². The van der Waals surface area contributed by atoms with Crippen molar-refractivity contribution in [1.29, 1.82) is 0 Å². The number of carbonyl (C=O) groups excluding carboxylic acids is 4. The van der Waals surface area contributed by atoms with E-state index in [1.807, 2.05) is 60.7 Å². The van der Waals surface area contributed by atoms with Gasteiger partial charge in [0.05, 0.1) is 12.3 Å². The van der Waals surface area contributed by atoms with E-state index < -0.39 is 52.6 Å². The van der Waals surface area contributed by atoms with Crippen molar-refractivity contribution in [3.8, 4) is 5.75 Å². The Bertz CT molecular complexity index is 1580. The minimum atomic E-state index is -1.27. The molecule has 0 aliphatic carbocycles. The third-order valence-corrected chi connectivity index (χ3v) is 8.33. The number of phenols is 1. The van der Waals surface area contributed by atoms with Crippen LogP contribution in [0, 0.1) is 0 Å². The molecule has 3 amide bonds. The standard InChI is InChI=1S/C36H45N5O7S/c1-25(37)38-31(22-27-14-16-29(42)17-15-27)35(45)39-30(19-21-49(3)47)34(44)40-32(23-26-10-6-4-7-11-26)36(46)41(2)20-18-33(43)48-24-28-12-8-5-9-13-28/h4-17,30-32,42H,18-24H2,1-3H3,(H2,37,38)(H,39,45)(H,40,44)/t30-,31+,32+,49?/m1/s1. The molecule has 0 fully saturated rings. The second-order valence-electron chi connectivity index (χ2n) is 11.7. The molecule has 0 aromatic heterocycles. The Labute approximate surface area is 289 Å². The van der Waals surface area contributed by atoms with Crippen LogP contribution in [0.2, 0.25) is 0 Å². The van der Waals surface area contributed by atoms with Gasteiger partial charge in [0.2, 0.25) is 17.7 Å². The molecule has 0 aliphatic rings. The van der Waals surface area contributed by atoms with Crippen LogP contribution in [0.15, 0.2) is 89.9 Å². The lowest BCUT2D eigenvalue weighted by Crippen LogP contribution is -2.56. The molecular weight excluding hydrogens is 646 g/mol. The Hall–Kier alpha value is -5.04. The van der Waals surface area contributed by atoms with Crippen LogP contribution in [0.4, 0.5) is 0 Å². The molecule has 0 saturated heterocycles. The van der Waals surface area contributed by atoms with Gasteiger partial charge in [-0.2, -0.15) is 0 Å². The summed E-state index contributed by atoms with van der Waals surface area (Å²) in [4.78, 5) is 59.1. The van der Waals surface area contributed by atoms with Crippen LogP contribution in [0.25, 0.3) is 0 Å². The van der Waals surface area contributed by atoms with Gasteiger partial charge in [-0.1, -0.05) is 72.8 Å². The van der Waals surface area contributed by atoms with Crippen molar-refractivity contribution >= 4 is 40.3 Å². The van der Waals surface area contributed by atoms with Crippen LogP contribution in [-0.2, 0) is 54.2 Å². The van der Waals surface area contributed by atoms with Gasteiger partial charge in [-0.25, -0.2) is 0 Å². The molecule has 0 radical (unpaired) electrons. The lowest BCUT2D eigenvalue weighted by atomic mass is 10.0. The summed E-state index contributed by atoms with van der Waals surface area (Å²) in [5.74, 6) is -1.79. The monoisotopic (exact) mass is 691 g/mol. The zero-order chi connectivity index (χ0) is 35.8. The molecule has 1 unspecified atom stereocenters. The number of aliphatic imine (C=N–C) groups is 1. The van der Waals surface area contributed by atoms with Crippen LogP contribution in [0.3, 0.4) is 0 Å². The molecule has 3 aromatic rings. The Morgan fingerprint density at radius 3 is 2.02 bits per heavy atom. The number of likely N-dealkylation sites (N-methyl/N-ethyl adjacent to an activating group) is 1. The first-order valence-corrected chi connectivity index (χ1v) is 17.6. The Morgan fingerprint density at radius 1 is 0.857 bits per heavy atom. The van der Waals surface area contributed by atoms with Crippen molar-refractivity contribution in [2.75, 3.05) is 25.6 Å². The fourth-order valence-electron chi connectivity index (χ4n) is 4.89. The molecule has 0 aliphatic heterocycles. The summed E-state index contributed by atoms with van der Waals surface area (Å²) in [6.45, 7) is 1.71. The number of phenolic OH excluding ortho intramolecular Hbond substituents is 1. The SMILES string of the molecule is CC(N)=N[C@@H](Cc1ccc(O)cc1)C(=O)N[C@H](CCS(C)=O)C(=O)N[C@@H](Cc1ccccc1)C(=O)N(C)CCC(=O)OCc1ccccc1. The number of nitrogens with one attached hydrogen (secondary N) is 2. The van der Waals surface area contributed by atoms with Gasteiger partial charge in [0.1, 0.15) is 30.5 Å². The van der Waals surface area contributed by atoms with Crippen molar-refractivity contribution in [2.24, 2.45) is 10.7 Å². The molecule has 4 atom stereocenters. The maximum atomic E-state index is 13.8. The summed E-state index contributed by atoms with van der Waals surface area (Å²) in [6, 6.07) is 21.5. The van der Waals surface area contributed by atoms with Crippen molar-refractivity contribution in [3.63, 3.8) is 0 Å². The number of amides is 3. The van der Waals surface area contributed by atoms with E-state index in [4.69, 9.17) is 10.5 Å². The van der Waals surface area contributed by atoms with Crippen LogP contribution >= 0.6 is 0 Å². The van der Waals surface area contributed by atoms with E-state index in [0.717, 1.165) is 11.1 Å². The fraction of sp³-hybridized carbons (Fsp3) is 0.361. The molecule has 49 heavy (non-hydrogen) atoms. The van der Waals surface area contributed by atoms with E-state index in [2.05, 4.69) is 15.6 Å². The highest BCUT2D eigenvalue weighted by atomic mass is 32.2. The third kappa shape index (κ3) is 13.9. The Kier molecular flexibility index (Phi) is 15.4. The van der Waals surface area contributed by atoms with Gasteiger partial charge < -0.3 is 31.1 Å². The smallest absolute Gasteiger partial charge is 0.307 e. The zero-order valence-electron chi connectivity index (χ0n) is 28.0. The van der Waals surface area contributed by atoms with Gasteiger partial charge >= 0.3 is 5.97 Å². The molecule has 0 saturated carbocycles. The summed E-state index contributed by atoms with van der Waals surface area (Å²) < 4.78 is 17.4. The quantitative estimate of drug-likeness (QED) is 0.0891. The Balaban J connectivity index is 1.74. The number of rotatable bonds is 18. The summed E-state index contributed by atoms with van der Waals surface area (Å²) in [6.07, 6.45) is 1.77. The van der Waals surface area contributed by atoms with E-state index >= 15 is 0 Å². The van der Waals surface area contributed by atoms with E-state index in [0.29, 0.717) is 5.56 Å². The minimum Gasteiger partial charge on any atom is -0.508 e. The molecule has 5 N–H and O–H groups in total. The van der Waals surface area contributed by atoms with Crippen molar-refractivity contribution < 1.29 is 33.2 Å². The van der Waals surface area contributed by atoms with Gasteiger partial charge in [0.25, 0.3) is 0 Å². The van der Waals surface area contributed by atoms with Crippen LogP contribution in [0.1, 0.15) is 36.5 Å². The first-order valence-electron chi connectivity index (χ1n) is 15.9. The molecule has 0 heterocycles. The summed E-state index contributed by atoms with van der Waals surface area (Å²) in [5, 5.41) is 15.2. The highest BCUT2D eigenvalue weighted by Gasteiger charge is 2.31. The molecule has 0 spiro atoms. The molecule has 0 bridgehead atoms. The van der Waals surface area contributed by atoms with Crippen LogP contribution in [-0.4, -0.2) is 87.5 Å². The number of nitrogens with zero attached hydrogens (tertiary/aromatic N) is 2. The molecule has 12 nitrogen and oxygen atoms in total. The van der Waals surface area contributed by atoms with E-state index in [9.17, 15) is 28.5 Å². The highest BCUT2D eigenvalue weighted by Crippen LogP contribution is 2.14. The van der Waals surface area contributed by atoms with E-state index in [-0.39, 0.29) is 56.2 Å². The number of benzene rings is 3. The normalized spacial score (nSPS) is 13.7. The maximum absolute atomic E-state index is 13.8. The topological polar surface area (TPSA) is 180 Å². The predicted octanol–water partition coefficient (Wildman–Crippen LogP) is 2.25. The lowest BCUT2D eigenvalue weighted by Gasteiger charge is -2.27. The zero-order valence-corrected chi connectivity index (χ0v) is 28.9. The number of ether oxygens (including phenoxy) is 1. The van der Waals surface area contributed by atoms with Gasteiger partial charge in [-0.15, -0.1) is 0 Å². The number of carbonyl (C=O) groups is 4. The Morgan fingerprint density at radius 2 is 1.43 bits per heavy atom. The van der Waals surface area contributed by atoms with Gasteiger partial charge in [-0.3, -0.25) is 28.4 Å². The molecule has 3 rings (SSSR count). The van der Waals surface area contributed by atoms with Crippen molar-refractivity contribution in [3.05, 3.63) is 102 Å². The van der Waals surface area contributed by atoms with E-state index in [1.54, 1.807) is 19.1 Å². The van der Waals surface area contributed by atoms with Crippen molar-refractivity contribution in [1.82, 2.24) is 15.5 Å². The first kappa shape index (κ1) is 38.4. The van der Waals surface area contributed by atoms with Crippen molar-refractivity contribution in [2.45, 2.75) is 57.3 Å². The van der Waals surface area contributed by atoms with E-state index in [1.165, 1.54) is 30.3 Å². The summed E-state index contributed by atoms with van der Waals surface area (Å²) in [5.41, 5.74) is 8.16. The third-order valence-electron chi connectivity index (χ3n) is 7.52. The first-order chi connectivity index (χ1) is 23.4. The average Bonchev–Trinajstić information content (AvgIpc) is 3.08. The number of hydrogen-bond acceptors (Lipinski definition) is 8. The van der Waals surface area contributed by atoms with Gasteiger partial charge in [0, 0.05) is 49.2 Å². The largest absolute Gasteiger partial charge is 0.508 e. The average molecular weight is 692 g/mol. The number of hydrogen-bond donors (Lipinski definition) is 4. The number of aromatic hydroxyl groups is 1. The second kappa shape index (κ2) is 19.7. The summed E-state index contributed by atoms with van der Waals surface area (Å²) in [7, 11) is 0.265. The summed E-state index contributed by atoms with van der Waals surface area (Å²) >= 11 is 0. The fourth-order valence-corrected chi connectivity index (χ4v) is 5.45. The number of amidine groups is 1. The van der Waals surface area contributed by atoms with Gasteiger partial charge in [0.15, 0.2) is 0 Å². The molecular formula is C36H45N5O7S. The number of nitrogens with two attached hydrogens (primary N) is 1. The molecule has 3 aromatic carbocycles. The molecule has 262 valence electrons. The minimum absolute atomic E-state index is 0.0350. The van der Waals surface area contributed by atoms with Gasteiger partial charge in [-0.05, 0) is 42.2 Å². The second-order valence-corrected chi connectivity index (χ2v) is 13.2.